The molecule has 0 saturated heterocycles. The molecule has 0 aliphatic heterocycles. The molecule has 1 aromatic rings. The second kappa shape index (κ2) is 3.01. The molecular weight excluding hydrogens is 152 g/mol. The summed E-state index contributed by atoms with van der Waals surface area (Å²) in [5, 5.41) is 3.35. The van der Waals surface area contributed by atoms with Crippen LogP contribution < -0.4 is 10.1 Å². The number of ether oxygens (including phenoxy) is 1. The molecule has 1 fully saturated rings. The first kappa shape index (κ1) is 7.40. The third kappa shape index (κ3) is 1.49. The molecule has 12 heavy (non-hydrogen) atoms. The quantitative estimate of drug-likeness (QED) is 0.737. The lowest BCUT2D eigenvalue weighted by Crippen LogP contribution is -2.03. The van der Waals surface area contributed by atoms with Crippen LogP contribution in [0.3, 0.4) is 0 Å². The van der Waals surface area contributed by atoms with E-state index in [-0.39, 0.29) is 0 Å². The van der Waals surface area contributed by atoms with Crippen molar-refractivity contribution in [1.82, 2.24) is 4.98 Å². The topological polar surface area (TPSA) is 34.1 Å². The highest BCUT2D eigenvalue weighted by molar-refractivity contribution is 5.53. The van der Waals surface area contributed by atoms with Gasteiger partial charge in [0.2, 0.25) is 5.88 Å². The summed E-state index contributed by atoms with van der Waals surface area (Å²) in [5.41, 5.74) is 1.00. The minimum Gasteiger partial charge on any atom is -0.480 e. The molecule has 0 atom stereocenters. The number of methoxy groups -OCH3 is 1. The number of hydrogen-bond donors (Lipinski definition) is 1. The molecular formula is C9H12N2O. The van der Waals surface area contributed by atoms with Crippen molar-refractivity contribution in [3.63, 3.8) is 0 Å². The van der Waals surface area contributed by atoms with Crippen molar-refractivity contribution < 1.29 is 4.74 Å². The highest BCUT2D eigenvalue weighted by atomic mass is 16.5. The maximum absolute atomic E-state index is 5.10. The fourth-order valence-corrected chi connectivity index (χ4v) is 1.11. The van der Waals surface area contributed by atoms with Crippen molar-refractivity contribution in [2.24, 2.45) is 0 Å². The van der Waals surface area contributed by atoms with Gasteiger partial charge in [-0.05, 0) is 25.0 Å². The van der Waals surface area contributed by atoms with E-state index in [9.17, 15) is 0 Å². The SMILES string of the molecule is COc1ncccc1NC1CC1. The molecule has 0 aromatic carbocycles. The average Bonchev–Trinajstić information content (AvgIpc) is 2.89. The molecule has 1 heterocycles. The lowest BCUT2D eigenvalue weighted by Gasteiger charge is -2.07. The largest absolute Gasteiger partial charge is 0.480 e. The predicted octanol–water partition coefficient (Wildman–Crippen LogP) is 1.66. The van der Waals surface area contributed by atoms with Gasteiger partial charge in [0.15, 0.2) is 0 Å². The maximum atomic E-state index is 5.10. The van der Waals surface area contributed by atoms with Gasteiger partial charge in [0.05, 0.1) is 12.8 Å². The summed E-state index contributed by atoms with van der Waals surface area (Å²) < 4.78 is 5.10. The lowest BCUT2D eigenvalue weighted by atomic mass is 10.4. The van der Waals surface area contributed by atoms with Crippen LogP contribution in [-0.4, -0.2) is 18.1 Å². The summed E-state index contributed by atoms with van der Waals surface area (Å²) >= 11 is 0. The van der Waals surface area contributed by atoms with E-state index < -0.39 is 0 Å². The van der Waals surface area contributed by atoms with Crippen LogP contribution in [0, 0.1) is 0 Å². The molecule has 1 N–H and O–H groups in total. The first-order valence-electron chi connectivity index (χ1n) is 4.15. The highest BCUT2D eigenvalue weighted by Gasteiger charge is 2.22. The molecule has 3 heteroatoms. The minimum atomic E-state index is 0.642. The molecule has 64 valence electrons. The van der Waals surface area contributed by atoms with Crippen molar-refractivity contribution in [2.45, 2.75) is 18.9 Å². The number of anilines is 1. The van der Waals surface area contributed by atoms with Crippen molar-refractivity contribution in [3.05, 3.63) is 18.3 Å². The number of nitrogens with zero attached hydrogens (tertiary/aromatic N) is 1. The van der Waals surface area contributed by atoms with Crippen molar-refractivity contribution in [2.75, 3.05) is 12.4 Å². The van der Waals surface area contributed by atoms with Crippen LogP contribution in [0.2, 0.25) is 0 Å². The fourth-order valence-electron chi connectivity index (χ4n) is 1.11. The van der Waals surface area contributed by atoms with E-state index in [1.54, 1.807) is 13.3 Å². The highest BCUT2D eigenvalue weighted by Crippen LogP contribution is 2.28. The molecule has 1 saturated carbocycles. The monoisotopic (exact) mass is 164 g/mol. The molecule has 0 bridgehead atoms. The van der Waals surface area contributed by atoms with Crippen LogP contribution in [0.4, 0.5) is 5.69 Å². The summed E-state index contributed by atoms with van der Waals surface area (Å²) in [6.07, 6.45) is 4.26. The van der Waals surface area contributed by atoms with E-state index in [1.807, 2.05) is 12.1 Å². The number of nitrogens with one attached hydrogen (secondary N) is 1. The van der Waals surface area contributed by atoms with E-state index in [2.05, 4.69) is 10.3 Å². The van der Waals surface area contributed by atoms with Gasteiger partial charge in [-0.25, -0.2) is 4.98 Å². The van der Waals surface area contributed by atoms with E-state index >= 15 is 0 Å². The number of aromatic nitrogens is 1. The summed E-state index contributed by atoms with van der Waals surface area (Å²) in [4.78, 5) is 4.09. The van der Waals surface area contributed by atoms with Gasteiger partial charge in [-0.15, -0.1) is 0 Å². The summed E-state index contributed by atoms with van der Waals surface area (Å²) in [6.45, 7) is 0. The average molecular weight is 164 g/mol. The Hall–Kier alpha value is -1.25. The molecule has 1 aromatic heterocycles. The zero-order valence-electron chi connectivity index (χ0n) is 7.08. The van der Waals surface area contributed by atoms with E-state index in [0.29, 0.717) is 11.9 Å². The van der Waals surface area contributed by atoms with Crippen LogP contribution in [-0.2, 0) is 0 Å². The third-order valence-electron chi connectivity index (χ3n) is 1.90. The van der Waals surface area contributed by atoms with Gasteiger partial charge in [0, 0.05) is 12.2 Å². The van der Waals surface area contributed by atoms with Gasteiger partial charge >= 0.3 is 0 Å². The molecule has 1 aliphatic carbocycles. The maximum Gasteiger partial charge on any atom is 0.237 e. The minimum absolute atomic E-state index is 0.642. The Morgan fingerprint density at radius 2 is 2.42 bits per heavy atom. The fraction of sp³-hybridized carbons (Fsp3) is 0.444. The Labute approximate surface area is 71.8 Å². The Morgan fingerprint density at radius 1 is 1.58 bits per heavy atom. The molecule has 0 amide bonds. The molecule has 0 radical (unpaired) electrons. The van der Waals surface area contributed by atoms with Crippen LogP contribution >= 0.6 is 0 Å². The predicted molar refractivity (Wildman–Crippen MR) is 47.4 cm³/mol. The first-order chi connectivity index (χ1) is 5.90. The van der Waals surface area contributed by atoms with Crippen LogP contribution in [0.25, 0.3) is 0 Å². The Bertz CT molecular complexity index is 271. The lowest BCUT2D eigenvalue weighted by molar-refractivity contribution is 0.399. The summed E-state index contributed by atoms with van der Waals surface area (Å²) in [5.74, 6) is 0.685. The number of hydrogen-bond acceptors (Lipinski definition) is 3. The smallest absolute Gasteiger partial charge is 0.237 e. The number of pyridine rings is 1. The van der Waals surface area contributed by atoms with Crippen molar-refractivity contribution in [3.8, 4) is 5.88 Å². The summed E-state index contributed by atoms with van der Waals surface area (Å²) in [6, 6.07) is 4.54. The Balaban J connectivity index is 2.15. The zero-order chi connectivity index (χ0) is 8.39. The van der Waals surface area contributed by atoms with E-state index in [1.165, 1.54) is 12.8 Å². The molecule has 0 unspecified atom stereocenters. The molecule has 1 aliphatic rings. The van der Waals surface area contributed by atoms with Gasteiger partial charge in [0.25, 0.3) is 0 Å². The second-order valence-electron chi connectivity index (χ2n) is 2.98. The Morgan fingerprint density at radius 3 is 3.08 bits per heavy atom. The van der Waals surface area contributed by atoms with Gasteiger partial charge in [-0.1, -0.05) is 0 Å². The molecule has 3 nitrogen and oxygen atoms in total. The van der Waals surface area contributed by atoms with Gasteiger partial charge in [-0.3, -0.25) is 0 Å². The first-order valence-corrected chi connectivity index (χ1v) is 4.15. The van der Waals surface area contributed by atoms with Gasteiger partial charge < -0.3 is 10.1 Å². The van der Waals surface area contributed by atoms with Crippen LogP contribution in [0.1, 0.15) is 12.8 Å². The van der Waals surface area contributed by atoms with Gasteiger partial charge in [0.1, 0.15) is 0 Å². The van der Waals surface area contributed by atoms with Crippen molar-refractivity contribution in [1.29, 1.82) is 0 Å². The Kier molecular flexibility index (Phi) is 1.86. The van der Waals surface area contributed by atoms with E-state index in [0.717, 1.165) is 5.69 Å². The number of rotatable bonds is 3. The third-order valence-corrected chi connectivity index (χ3v) is 1.90. The van der Waals surface area contributed by atoms with Crippen LogP contribution in [0.15, 0.2) is 18.3 Å². The van der Waals surface area contributed by atoms with Crippen molar-refractivity contribution >= 4 is 5.69 Å². The normalized spacial score (nSPS) is 15.8. The van der Waals surface area contributed by atoms with Crippen LogP contribution in [0.5, 0.6) is 5.88 Å². The zero-order valence-corrected chi connectivity index (χ0v) is 7.08. The second-order valence-corrected chi connectivity index (χ2v) is 2.98. The summed E-state index contributed by atoms with van der Waals surface area (Å²) in [7, 11) is 1.64. The standard InChI is InChI=1S/C9H12N2O/c1-12-9-8(3-2-6-10-9)11-7-4-5-7/h2-3,6-7,11H,4-5H2,1H3. The van der Waals surface area contributed by atoms with E-state index in [4.69, 9.17) is 4.74 Å². The molecule has 2 rings (SSSR count). The molecule has 0 spiro atoms. The van der Waals surface area contributed by atoms with Gasteiger partial charge in [-0.2, -0.15) is 0 Å².